The average Bonchev–Trinajstić information content (AvgIpc) is 3.24. The number of esters is 1. The first kappa shape index (κ1) is 14.4. The molecule has 0 aliphatic heterocycles. The summed E-state index contributed by atoms with van der Waals surface area (Å²) in [6.45, 7) is 4.21. The molecule has 1 fully saturated rings. The van der Waals surface area contributed by atoms with Gasteiger partial charge in [0.05, 0.1) is 5.56 Å². The van der Waals surface area contributed by atoms with E-state index in [9.17, 15) is 9.59 Å². The highest BCUT2D eigenvalue weighted by atomic mass is 16.5. The molecule has 2 rings (SSSR count). The molecule has 108 valence electrons. The van der Waals surface area contributed by atoms with Gasteiger partial charge in [0, 0.05) is 18.3 Å². The monoisotopic (exact) mass is 276 g/mol. The van der Waals surface area contributed by atoms with Crippen molar-refractivity contribution < 1.29 is 14.3 Å². The predicted octanol–water partition coefficient (Wildman–Crippen LogP) is 1.74. The van der Waals surface area contributed by atoms with Gasteiger partial charge in [0.15, 0.2) is 6.61 Å². The van der Waals surface area contributed by atoms with E-state index in [-0.39, 0.29) is 12.5 Å². The van der Waals surface area contributed by atoms with Gasteiger partial charge < -0.3 is 15.4 Å². The molecule has 0 aromatic heterocycles. The molecule has 1 aromatic carbocycles. The van der Waals surface area contributed by atoms with Gasteiger partial charge in [0.2, 0.25) is 0 Å². The molecule has 1 aromatic rings. The van der Waals surface area contributed by atoms with Gasteiger partial charge in [-0.2, -0.15) is 0 Å². The van der Waals surface area contributed by atoms with E-state index in [2.05, 4.69) is 0 Å². The zero-order valence-corrected chi connectivity index (χ0v) is 11.9. The molecule has 1 amide bonds. The lowest BCUT2D eigenvalue weighted by Crippen LogP contribution is -2.36. The number of rotatable bonds is 5. The van der Waals surface area contributed by atoms with Crippen molar-refractivity contribution in [1.29, 1.82) is 0 Å². The fourth-order valence-corrected chi connectivity index (χ4v) is 2.12. The van der Waals surface area contributed by atoms with Crippen LogP contribution in [0.4, 0.5) is 5.69 Å². The molecule has 0 spiro atoms. The van der Waals surface area contributed by atoms with E-state index in [1.165, 1.54) is 0 Å². The number of benzene rings is 1. The van der Waals surface area contributed by atoms with Gasteiger partial charge in [-0.1, -0.05) is 0 Å². The fourth-order valence-electron chi connectivity index (χ4n) is 2.12. The molecule has 2 N–H and O–H groups in total. The van der Waals surface area contributed by atoms with Crippen LogP contribution in [0.25, 0.3) is 0 Å². The van der Waals surface area contributed by atoms with Crippen LogP contribution in [0.5, 0.6) is 0 Å². The number of nitrogens with two attached hydrogens (primary N) is 1. The molecular weight excluding hydrogens is 256 g/mol. The minimum absolute atomic E-state index is 0.129. The first-order chi connectivity index (χ1) is 9.52. The Kier molecular flexibility index (Phi) is 4.27. The van der Waals surface area contributed by atoms with Crippen molar-refractivity contribution in [3.05, 3.63) is 29.3 Å². The molecule has 0 atom stereocenters. The second-order valence-electron chi connectivity index (χ2n) is 5.06. The van der Waals surface area contributed by atoms with Crippen molar-refractivity contribution in [3.63, 3.8) is 0 Å². The Morgan fingerprint density at radius 2 is 2.10 bits per heavy atom. The highest BCUT2D eigenvalue weighted by Gasteiger charge is 2.31. The summed E-state index contributed by atoms with van der Waals surface area (Å²) in [4.78, 5) is 25.6. The Morgan fingerprint density at radius 1 is 1.40 bits per heavy atom. The number of nitrogens with zero attached hydrogens (tertiary/aromatic N) is 1. The van der Waals surface area contributed by atoms with E-state index in [4.69, 9.17) is 10.5 Å². The molecule has 1 aliphatic carbocycles. The van der Waals surface area contributed by atoms with E-state index >= 15 is 0 Å². The number of amides is 1. The maximum atomic E-state index is 11.9. The number of carbonyl (C=O) groups excluding carboxylic acids is 2. The van der Waals surface area contributed by atoms with Gasteiger partial charge in [-0.3, -0.25) is 4.79 Å². The molecule has 0 radical (unpaired) electrons. The van der Waals surface area contributed by atoms with Crippen molar-refractivity contribution in [1.82, 2.24) is 4.90 Å². The van der Waals surface area contributed by atoms with Crippen LogP contribution in [0, 0.1) is 6.92 Å². The van der Waals surface area contributed by atoms with E-state index < -0.39 is 5.97 Å². The molecule has 0 heterocycles. The number of hydrogen-bond donors (Lipinski definition) is 1. The van der Waals surface area contributed by atoms with Crippen LogP contribution in [-0.2, 0) is 9.53 Å². The minimum atomic E-state index is -0.492. The standard InChI is InChI=1S/C15H20N2O3/c1-3-17(12-5-6-12)14(18)9-20-15(19)11-4-7-13(16)10(2)8-11/h4,7-8,12H,3,5-6,9,16H2,1-2H3. The highest BCUT2D eigenvalue weighted by molar-refractivity contribution is 5.92. The molecule has 1 saturated carbocycles. The Bertz CT molecular complexity index is 524. The van der Waals surface area contributed by atoms with E-state index in [1.54, 1.807) is 23.1 Å². The first-order valence-electron chi connectivity index (χ1n) is 6.85. The Labute approximate surface area is 118 Å². The summed E-state index contributed by atoms with van der Waals surface area (Å²) in [5.41, 5.74) is 7.56. The topological polar surface area (TPSA) is 72.6 Å². The van der Waals surface area contributed by atoms with Crippen molar-refractivity contribution in [3.8, 4) is 0 Å². The SMILES string of the molecule is CCN(C(=O)COC(=O)c1ccc(N)c(C)c1)C1CC1. The molecule has 0 saturated heterocycles. The molecule has 5 heteroatoms. The van der Waals surface area contributed by atoms with Crippen LogP contribution in [0.2, 0.25) is 0 Å². The lowest BCUT2D eigenvalue weighted by atomic mass is 10.1. The zero-order valence-electron chi connectivity index (χ0n) is 11.9. The molecule has 1 aliphatic rings. The average molecular weight is 276 g/mol. The van der Waals surface area contributed by atoms with Gasteiger partial charge in [0.1, 0.15) is 0 Å². The summed E-state index contributed by atoms with van der Waals surface area (Å²) >= 11 is 0. The molecule has 20 heavy (non-hydrogen) atoms. The van der Waals surface area contributed by atoms with Crippen molar-refractivity contribution in [2.24, 2.45) is 0 Å². The Balaban J connectivity index is 1.91. The number of carbonyl (C=O) groups is 2. The summed E-state index contributed by atoms with van der Waals surface area (Å²) in [6, 6.07) is 5.27. The predicted molar refractivity (Wildman–Crippen MR) is 76.3 cm³/mol. The quantitative estimate of drug-likeness (QED) is 0.657. The van der Waals surface area contributed by atoms with Crippen molar-refractivity contribution in [2.45, 2.75) is 32.7 Å². The third-order valence-corrected chi connectivity index (χ3v) is 3.48. The first-order valence-corrected chi connectivity index (χ1v) is 6.85. The Hall–Kier alpha value is -2.04. The third kappa shape index (κ3) is 3.29. The largest absolute Gasteiger partial charge is 0.452 e. The maximum absolute atomic E-state index is 11.9. The molecule has 5 nitrogen and oxygen atoms in total. The van der Waals surface area contributed by atoms with Crippen LogP contribution in [0.1, 0.15) is 35.7 Å². The van der Waals surface area contributed by atoms with Crippen LogP contribution in [0.15, 0.2) is 18.2 Å². The second-order valence-corrected chi connectivity index (χ2v) is 5.06. The van der Waals surface area contributed by atoms with E-state index in [1.807, 2.05) is 13.8 Å². The number of nitrogen functional groups attached to an aromatic ring is 1. The lowest BCUT2D eigenvalue weighted by Gasteiger charge is -2.20. The molecule has 0 bridgehead atoms. The summed E-state index contributed by atoms with van der Waals surface area (Å²) in [5, 5.41) is 0. The number of ether oxygens (including phenoxy) is 1. The smallest absolute Gasteiger partial charge is 0.338 e. The van der Waals surface area contributed by atoms with Gasteiger partial charge in [-0.05, 0) is 50.5 Å². The van der Waals surface area contributed by atoms with Crippen LogP contribution >= 0.6 is 0 Å². The summed E-state index contributed by atoms with van der Waals surface area (Å²) in [7, 11) is 0. The fraction of sp³-hybridized carbons (Fsp3) is 0.467. The van der Waals surface area contributed by atoms with Gasteiger partial charge in [-0.25, -0.2) is 4.79 Å². The molecule has 0 unspecified atom stereocenters. The van der Waals surface area contributed by atoms with Crippen LogP contribution < -0.4 is 5.73 Å². The number of hydrogen-bond acceptors (Lipinski definition) is 4. The van der Waals surface area contributed by atoms with Gasteiger partial charge >= 0.3 is 5.97 Å². The van der Waals surface area contributed by atoms with Crippen molar-refractivity contribution in [2.75, 3.05) is 18.9 Å². The van der Waals surface area contributed by atoms with Gasteiger partial charge in [-0.15, -0.1) is 0 Å². The third-order valence-electron chi connectivity index (χ3n) is 3.48. The second kappa shape index (κ2) is 5.94. The summed E-state index contributed by atoms with van der Waals surface area (Å²) in [6.07, 6.45) is 2.09. The summed E-state index contributed by atoms with van der Waals surface area (Å²) < 4.78 is 5.07. The summed E-state index contributed by atoms with van der Waals surface area (Å²) in [5.74, 6) is -0.621. The number of likely N-dealkylation sites (N-methyl/N-ethyl adjacent to an activating group) is 1. The Morgan fingerprint density at radius 3 is 2.65 bits per heavy atom. The van der Waals surface area contributed by atoms with Gasteiger partial charge in [0.25, 0.3) is 5.91 Å². The zero-order chi connectivity index (χ0) is 14.7. The van der Waals surface area contributed by atoms with E-state index in [0.29, 0.717) is 23.8 Å². The van der Waals surface area contributed by atoms with Crippen LogP contribution in [0.3, 0.4) is 0 Å². The number of anilines is 1. The van der Waals surface area contributed by atoms with Crippen LogP contribution in [-0.4, -0.2) is 36.0 Å². The number of aryl methyl sites for hydroxylation is 1. The van der Waals surface area contributed by atoms with Crippen molar-refractivity contribution >= 4 is 17.6 Å². The normalized spacial score (nSPS) is 13.9. The maximum Gasteiger partial charge on any atom is 0.338 e. The lowest BCUT2D eigenvalue weighted by molar-refractivity contribution is -0.134. The highest BCUT2D eigenvalue weighted by Crippen LogP contribution is 2.26. The molecular formula is C15H20N2O3. The van der Waals surface area contributed by atoms with E-state index in [0.717, 1.165) is 18.4 Å². The minimum Gasteiger partial charge on any atom is -0.452 e.